The predicted molar refractivity (Wildman–Crippen MR) is 58.7 cm³/mol. The highest BCUT2D eigenvalue weighted by Crippen LogP contribution is 2.06. The number of pyridine rings is 1. The van der Waals surface area contributed by atoms with Gasteiger partial charge >= 0.3 is 0 Å². The molecule has 0 fully saturated rings. The highest BCUT2D eigenvalue weighted by molar-refractivity contribution is 5.97. The van der Waals surface area contributed by atoms with E-state index < -0.39 is 5.95 Å². The Hall–Kier alpha value is -2.03. The number of carbonyl (C=O) groups excluding carboxylic acids is 1. The van der Waals surface area contributed by atoms with Crippen molar-refractivity contribution < 1.29 is 9.18 Å². The fraction of sp³-hybridized carbons (Fsp3) is 0.0769. The van der Waals surface area contributed by atoms with Crippen molar-refractivity contribution in [2.45, 2.75) is 6.42 Å². The van der Waals surface area contributed by atoms with Crippen LogP contribution in [-0.4, -0.2) is 10.8 Å². The smallest absolute Gasteiger partial charge is 0.213 e. The van der Waals surface area contributed by atoms with E-state index in [1.807, 2.05) is 6.07 Å². The average Bonchev–Trinajstić information content (AvgIpc) is 2.30. The van der Waals surface area contributed by atoms with Gasteiger partial charge in [-0.3, -0.25) is 4.79 Å². The lowest BCUT2D eigenvalue weighted by Gasteiger charge is -2.00. The molecule has 2 nitrogen and oxygen atoms in total. The van der Waals surface area contributed by atoms with Crippen molar-refractivity contribution in [3.8, 4) is 0 Å². The van der Waals surface area contributed by atoms with Gasteiger partial charge in [-0.15, -0.1) is 0 Å². The third-order valence-corrected chi connectivity index (χ3v) is 2.21. The zero-order valence-corrected chi connectivity index (χ0v) is 8.56. The SMILES string of the molecule is O=C(Cc1cccc(F)n1)c1ccccc1. The van der Waals surface area contributed by atoms with Crippen LogP contribution in [0.2, 0.25) is 0 Å². The van der Waals surface area contributed by atoms with Crippen molar-refractivity contribution in [1.29, 1.82) is 0 Å². The number of Topliss-reactive ketones (excluding diaryl/α,β-unsaturated/α-hetero) is 1. The van der Waals surface area contributed by atoms with Gasteiger partial charge in [-0.25, -0.2) is 4.98 Å². The molecule has 0 aliphatic carbocycles. The highest BCUT2D eigenvalue weighted by atomic mass is 19.1. The minimum atomic E-state index is -0.557. The van der Waals surface area contributed by atoms with Crippen LogP contribution in [0.3, 0.4) is 0 Å². The molecule has 16 heavy (non-hydrogen) atoms. The second kappa shape index (κ2) is 4.66. The van der Waals surface area contributed by atoms with Crippen LogP contribution < -0.4 is 0 Å². The molecule has 0 radical (unpaired) electrons. The molecule has 1 aromatic carbocycles. The van der Waals surface area contributed by atoms with Gasteiger partial charge in [0.2, 0.25) is 5.95 Å². The molecule has 0 aliphatic heterocycles. The molecule has 80 valence electrons. The minimum Gasteiger partial charge on any atom is -0.294 e. The summed E-state index contributed by atoms with van der Waals surface area (Å²) in [7, 11) is 0. The summed E-state index contributed by atoms with van der Waals surface area (Å²) in [4.78, 5) is 15.4. The fourth-order valence-electron chi connectivity index (χ4n) is 1.44. The standard InChI is InChI=1S/C13H10FNO/c14-13-8-4-7-11(15-13)9-12(16)10-5-2-1-3-6-10/h1-8H,9H2. The van der Waals surface area contributed by atoms with Gasteiger partial charge in [0.15, 0.2) is 5.78 Å². The summed E-state index contributed by atoms with van der Waals surface area (Å²) < 4.78 is 12.8. The zero-order chi connectivity index (χ0) is 11.4. The minimum absolute atomic E-state index is 0.0568. The number of halogens is 1. The summed E-state index contributed by atoms with van der Waals surface area (Å²) in [5, 5.41) is 0. The van der Waals surface area contributed by atoms with Crippen LogP contribution in [0, 0.1) is 5.95 Å². The van der Waals surface area contributed by atoms with Crippen LogP contribution in [0.4, 0.5) is 4.39 Å². The van der Waals surface area contributed by atoms with E-state index in [-0.39, 0.29) is 12.2 Å². The first-order valence-corrected chi connectivity index (χ1v) is 4.95. The molecule has 2 aromatic rings. The first-order valence-electron chi connectivity index (χ1n) is 4.95. The van der Waals surface area contributed by atoms with Crippen LogP contribution >= 0.6 is 0 Å². The lowest BCUT2D eigenvalue weighted by atomic mass is 10.1. The van der Waals surface area contributed by atoms with E-state index in [2.05, 4.69) is 4.98 Å². The predicted octanol–water partition coefficient (Wildman–Crippen LogP) is 2.65. The molecule has 3 heteroatoms. The maximum atomic E-state index is 12.8. The number of hydrogen-bond donors (Lipinski definition) is 0. The van der Waals surface area contributed by atoms with Crippen LogP contribution in [-0.2, 0) is 6.42 Å². The Morgan fingerprint density at radius 3 is 2.50 bits per heavy atom. The van der Waals surface area contributed by atoms with E-state index in [0.717, 1.165) is 0 Å². The van der Waals surface area contributed by atoms with Gasteiger partial charge in [-0.2, -0.15) is 4.39 Å². The molecule has 0 saturated carbocycles. The number of ketones is 1. The Labute approximate surface area is 92.8 Å². The number of rotatable bonds is 3. The topological polar surface area (TPSA) is 30.0 Å². The zero-order valence-electron chi connectivity index (χ0n) is 8.56. The van der Waals surface area contributed by atoms with Crippen LogP contribution in [0.1, 0.15) is 16.1 Å². The Morgan fingerprint density at radius 1 is 1.06 bits per heavy atom. The lowest BCUT2D eigenvalue weighted by Crippen LogP contribution is -2.05. The van der Waals surface area contributed by atoms with E-state index in [1.54, 1.807) is 36.4 Å². The number of aromatic nitrogens is 1. The molecule has 2 rings (SSSR count). The lowest BCUT2D eigenvalue weighted by molar-refractivity contribution is 0.0992. The van der Waals surface area contributed by atoms with Crippen LogP contribution in [0.25, 0.3) is 0 Å². The summed E-state index contributed by atoms with van der Waals surface area (Å²) >= 11 is 0. The Morgan fingerprint density at radius 2 is 1.81 bits per heavy atom. The molecule has 0 saturated heterocycles. The quantitative estimate of drug-likeness (QED) is 0.582. The summed E-state index contributed by atoms with van der Waals surface area (Å²) in [6, 6.07) is 13.4. The summed E-state index contributed by atoms with van der Waals surface area (Å²) in [6.45, 7) is 0. The number of benzene rings is 1. The van der Waals surface area contributed by atoms with Crippen molar-refractivity contribution >= 4 is 5.78 Å². The number of nitrogens with zero attached hydrogens (tertiary/aromatic N) is 1. The first-order chi connectivity index (χ1) is 7.75. The average molecular weight is 215 g/mol. The van der Waals surface area contributed by atoms with Crippen LogP contribution in [0.5, 0.6) is 0 Å². The molecule has 0 unspecified atom stereocenters. The van der Waals surface area contributed by atoms with E-state index in [1.165, 1.54) is 6.07 Å². The molecule has 0 amide bonds. The molecule has 0 aliphatic rings. The van der Waals surface area contributed by atoms with E-state index in [0.29, 0.717) is 11.3 Å². The first kappa shape index (κ1) is 10.5. The van der Waals surface area contributed by atoms with Crippen LogP contribution in [0.15, 0.2) is 48.5 Å². The van der Waals surface area contributed by atoms with E-state index in [9.17, 15) is 9.18 Å². The second-order valence-corrected chi connectivity index (χ2v) is 3.42. The van der Waals surface area contributed by atoms with Gasteiger partial charge in [0.05, 0.1) is 12.1 Å². The summed E-state index contributed by atoms with van der Waals surface area (Å²) in [5.74, 6) is -0.614. The van der Waals surface area contributed by atoms with Gasteiger partial charge < -0.3 is 0 Å². The van der Waals surface area contributed by atoms with E-state index in [4.69, 9.17) is 0 Å². The molecular weight excluding hydrogens is 205 g/mol. The van der Waals surface area contributed by atoms with Gasteiger partial charge in [0, 0.05) is 5.56 Å². The van der Waals surface area contributed by atoms with Crippen molar-refractivity contribution in [2.24, 2.45) is 0 Å². The monoisotopic (exact) mass is 215 g/mol. The molecule has 1 aromatic heterocycles. The number of hydrogen-bond acceptors (Lipinski definition) is 2. The van der Waals surface area contributed by atoms with E-state index >= 15 is 0 Å². The van der Waals surface area contributed by atoms with Gasteiger partial charge in [-0.1, -0.05) is 36.4 Å². The van der Waals surface area contributed by atoms with Gasteiger partial charge in [0.25, 0.3) is 0 Å². The molecule has 0 bridgehead atoms. The van der Waals surface area contributed by atoms with Gasteiger partial charge in [-0.05, 0) is 12.1 Å². The van der Waals surface area contributed by atoms with Crippen molar-refractivity contribution in [3.05, 3.63) is 65.7 Å². The summed E-state index contributed by atoms with van der Waals surface area (Å²) in [6.07, 6.45) is 0.127. The molecular formula is C13H10FNO. The third-order valence-electron chi connectivity index (χ3n) is 2.21. The van der Waals surface area contributed by atoms with Crippen molar-refractivity contribution in [1.82, 2.24) is 4.98 Å². The molecule has 0 atom stereocenters. The normalized spacial score (nSPS) is 10.1. The van der Waals surface area contributed by atoms with Crippen molar-refractivity contribution in [2.75, 3.05) is 0 Å². The molecule has 1 heterocycles. The maximum absolute atomic E-state index is 12.8. The largest absolute Gasteiger partial charge is 0.294 e. The number of carbonyl (C=O) groups is 1. The molecule has 0 N–H and O–H groups in total. The molecule has 0 spiro atoms. The summed E-state index contributed by atoms with van der Waals surface area (Å²) in [5.41, 5.74) is 1.07. The Balaban J connectivity index is 2.14. The Kier molecular flexibility index (Phi) is 3.05. The Bertz CT molecular complexity index is 496. The fourth-order valence-corrected chi connectivity index (χ4v) is 1.44. The maximum Gasteiger partial charge on any atom is 0.213 e. The van der Waals surface area contributed by atoms with Gasteiger partial charge in [0.1, 0.15) is 0 Å². The van der Waals surface area contributed by atoms with Crippen molar-refractivity contribution in [3.63, 3.8) is 0 Å². The highest BCUT2D eigenvalue weighted by Gasteiger charge is 2.07. The second-order valence-electron chi connectivity index (χ2n) is 3.42. The third kappa shape index (κ3) is 2.51.